The van der Waals surface area contributed by atoms with E-state index >= 15 is 0 Å². The number of benzene rings is 1. The van der Waals surface area contributed by atoms with Crippen molar-refractivity contribution in [2.45, 2.75) is 5.75 Å². The third kappa shape index (κ3) is 3.51. The number of nitrogens with two attached hydrogens (primary N) is 1. The van der Waals surface area contributed by atoms with Crippen LogP contribution in [0.2, 0.25) is 10.0 Å². The van der Waals surface area contributed by atoms with Gasteiger partial charge in [-0.15, -0.1) is 11.8 Å². The Bertz CT molecular complexity index is 325. The Morgan fingerprint density at radius 2 is 2.08 bits per heavy atom. The molecular weight excluding hydrogens is 225 g/mol. The molecule has 0 aliphatic heterocycles. The van der Waals surface area contributed by atoms with Crippen LogP contribution in [0.3, 0.4) is 0 Å². The average molecular weight is 234 g/mol. The summed E-state index contributed by atoms with van der Waals surface area (Å²) >= 11 is 13.1. The zero-order valence-electron chi connectivity index (χ0n) is 6.89. The van der Waals surface area contributed by atoms with E-state index in [9.17, 15) is 0 Å². The Labute approximate surface area is 91.9 Å². The monoisotopic (exact) mass is 233 g/mol. The quantitative estimate of drug-likeness (QED) is 0.863. The van der Waals surface area contributed by atoms with Gasteiger partial charge in [0.1, 0.15) is 0 Å². The molecular formula is C9H9Cl2NS. The summed E-state index contributed by atoms with van der Waals surface area (Å²) in [7, 11) is 0. The maximum Gasteiger partial charge on any atom is 0.0595 e. The van der Waals surface area contributed by atoms with Crippen molar-refractivity contribution in [2.75, 3.05) is 0 Å². The topological polar surface area (TPSA) is 26.0 Å². The van der Waals surface area contributed by atoms with Gasteiger partial charge in [0, 0.05) is 5.75 Å². The summed E-state index contributed by atoms with van der Waals surface area (Å²) in [4.78, 5) is 0. The molecule has 0 radical (unpaired) electrons. The third-order valence-corrected chi connectivity index (χ3v) is 3.00. The lowest BCUT2D eigenvalue weighted by Gasteiger charge is -2.02. The van der Waals surface area contributed by atoms with Crippen molar-refractivity contribution < 1.29 is 0 Å². The lowest BCUT2D eigenvalue weighted by Crippen LogP contribution is -1.90. The van der Waals surface area contributed by atoms with Crippen LogP contribution in [-0.2, 0) is 5.75 Å². The first-order chi connectivity index (χ1) is 6.09. The fourth-order valence-electron chi connectivity index (χ4n) is 0.805. The first-order valence-electron chi connectivity index (χ1n) is 3.60. The normalized spacial score (nSPS) is 10.0. The zero-order chi connectivity index (χ0) is 9.84. The van der Waals surface area contributed by atoms with Gasteiger partial charge in [0.2, 0.25) is 0 Å². The van der Waals surface area contributed by atoms with Crippen LogP contribution in [0.4, 0.5) is 0 Å². The number of halogens is 2. The molecule has 13 heavy (non-hydrogen) atoms. The molecule has 70 valence electrons. The van der Waals surface area contributed by atoms with Crippen LogP contribution >= 0.6 is 35.0 Å². The minimum atomic E-state index is 0.571. The van der Waals surface area contributed by atoms with Crippen molar-refractivity contribution in [3.05, 3.63) is 45.4 Å². The maximum absolute atomic E-state index is 5.83. The van der Waals surface area contributed by atoms with Gasteiger partial charge in [-0.05, 0) is 17.7 Å². The molecule has 2 N–H and O–H groups in total. The molecule has 0 saturated heterocycles. The van der Waals surface area contributed by atoms with E-state index in [2.05, 4.69) is 6.58 Å². The number of hydrogen-bond acceptors (Lipinski definition) is 2. The molecule has 0 aliphatic carbocycles. The SMILES string of the molecule is C=C(N)SCc1ccc(Cl)c(Cl)c1. The van der Waals surface area contributed by atoms with E-state index in [0.717, 1.165) is 11.3 Å². The van der Waals surface area contributed by atoms with E-state index < -0.39 is 0 Å². The molecule has 0 saturated carbocycles. The van der Waals surface area contributed by atoms with Crippen molar-refractivity contribution in [1.29, 1.82) is 0 Å². The highest BCUT2D eigenvalue weighted by molar-refractivity contribution is 8.02. The van der Waals surface area contributed by atoms with Gasteiger partial charge in [0.15, 0.2) is 0 Å². The second kappa shape index (κ2) is 4.80. The van der Waals surface area contributed by atoms with E-state index in [4.69, 9.17) is 28.9 Å². The number of hydrogen-bond donors (Lipinski definition) is 1. The molecule has 1 aromatic carbocycles. The lowest BCUT2D eigenvalue weighted by atomic mass is 10.2. The van der Waals surface area contributed by atoms with Gasteiger partial charge in [-0.25, -0.2) is 0 Å². The van der Waals surface area contributed by atoms with E-state index in [0.29, 0.717) is 15.1 Å². The molecule has 1 aromatic rings. The standard InChI is InChI=1S/C9H9Cl2NS/c1-6(12)13-5-7-2-3-8(10)9(11)4-7/h2-4H,1,5,12H2. The summed E-state index contributed by atoms with van der Waals surface area (Å²) in [5.74, 6) is 0.770. The first kappa shape index (κ1) is 10.8. The van der Waals surface area contributed by atoms with Gasteiger partial charge in [-0.2, -0.15) is 0 Å². The smallest absolute Gasteiger partial charge is 0.0595 e. The average Bonchev–Trinajstić information content (AvgIpc) is 2.07. The van der Waals surface area contributed by atoms with Crippen molar-refractivity contribution in [2.24, 2.45) is 5.73 Å². The van der Waals surface area contributed by atoms with Crippen molar-refractivity contribution in [3.63, 3.8) is 0 Å². The summed E-state index contributed by atoms with van der Waals surface area (Å²) in [5, 5.41) is 1.75. The molecule has 0 spiro atoms. The Kier molecular flexibility index (Phi) is 3.97. The van der Waals surface area contributed by atoms with E-state index in [1.807, 2.05) is 12.1 Å². The van der Waals surface area contributed by atoms with Gasteiger partial charge in [0.05, 0.1) is 15.1 Å². The highest BCUT2D eigenvalue weighted by Gasteiger charge is 1.99. The molecule has 0 aromatic heterocycles. The van der Waals surface area contributed by atoms with Crippen LogP contribution in [0.25, 0.3) is 0 Å². The molecule has 4 heteroatoms. The summed E-state index contributed by atoms with van der Waals surface area (Å²) in [6.45, 7) is 3.59. The van der Waals surface area contributed by atoms with E-state index in [-0.39, 0.29) is 0 Å². The summed E-state index contributed by atoms with van der Waals surface area (Å²) < 4.78 is 0. The van der Waals surface area contributed by atoms with Gasteiger partial charge < -0.3 is 5.73 Å². The van der Waals surface area contributed by atoms with Gasteiger partial charge in [-0.1, -0.05) is 35.8 Å². The minimum absolute atomic E-state index is 0.571. The Morgan fingerprint density at radius 3 is 2.62 bits per heavy atom. The van der Waals surface area contributed by atoms with Gasteiger partial charge >= 0.3 is 0 Å². The Hall–Kier alpha value is -0.310. The predicted molar refractivity (Wildman–Crippen MR) is 61.1 cm³/mol. The highest BCUT2D eigenvalue weighted by atomic mass is 35.5. The maximum atomic E-state index is 5.83. The highest BCUT2D eigenvalue weighted by Crippen LogP contribution is 2.25. The van der Waals surface area contributed by atoms with Gasteiger partial charge in [0.25, 0.3) is 0 Å². The fourth-order valence-corrected chi connectivity index (χ4v) is 1.66. The third-order valence-electron chi connectivity index (χ3n) is 1.41. The summed E-state index contributed by atoms with van der Waals surface area (Å²) in [5.41, 5.74) is 6.51. The van der Waals surface area contributed by atoms with Crippen LogP contribution < -0.4 is 5.73 Å². The summed E-state index contributed by atoms with van der Waals surface area (Å²) in [6, 6.07) is 5.53. The van der Waals surface area contributed by atoms with E-state index in [1.165, 1.54) is 11.8 Å². The molecule has 0 fully saturated rings. The Morgan fingerprint density at radius 1 is 1.38 bits per heavy atom. The van der Waals surface area contributed by atoms with Crippen LogP contribution in [0.1, 0.15) is 5.56 Å². The summed E-state index contributed by atoms with van der Waals surface area (Å²) in [6.07, 6.45) is 0. The van der Waals surface area contributed by atoms with E-state index in [1.54, 1.807) is 6.07 Å². The van der Waals surface area contributed by atoms with Crippen molar-refractivity contribution >= 4 is 35.0 Å². The second-order valence-electron chi connectivity index (χ2n) is 2.50. The zero-order valence-corrected chi connectivity index (χ0v) is 9.22. The number of rotatable bonds is 3. The minimum Gasteiger partial charge on any atom is -0.394 e. The first-order valence-corrected chi connectivity index (χ1v) is 5.35. The molecule has 0 atom stereocenters. The van der Waals surface area contributed by atoms with Crippen LogP contribution in [0.15, 0.2) is 29.8 Å². The predicted octanol–water partition coefficient (Wildman–Crippen LogP) is 3.66. The second-order valence-corrected chi connectivity index (χ2v) is 4.42. The van der Waals surface area contributed by atoms with Crippen molar-refractivity contribution in [1.82, 2.24) is 0 Å². The molecule has 0 amide bonds. The molecule has 0 unspecified atom stereocenters. The molecule has 1 nitrogen and oxygen atoms in total. The van der Waals surface area contributed by atoms with Crippen LogP contribution in [0, 0.1) is 0 Å². The molecule has 0 aliphatic rings. The van der Waals surface area contributed by atoms with Crippen molar-refractivity contribution in [3.8, 4) is 0 Å². The lowest BCUT2D eigenvalue weighted by molar-refractivity contribution is 1.41. The largest absolute Gasteiger partial charge is 0.394 e. The van der Waals surface area contributed by atoms with Gasteiger partial charge in [-0.3, -0.25) is 0 Å². The molecule has 1 rings (SSSR count). The van der Waals surface area contributed by atoms with Crippen LogP contribution in [-0.4, -0.2) is 0 Å². The number of thioether (sulfide) groups is 1. The molecule has 0 bridgehead atoms. The fraction of sp³-hybridized carbons (Fsp3) is 0.111. The molecule has 0 heterocycles. The van der Waals surface area contributed by atoms with Crippen LogP contribution in [0.5, 0.6) is 0 Å². The Balaban J connectivity index is 2.68.